The van der Waals surface area contributed by atoms with Crippen molar-refractivity contribution in [3.63, 3.8) is 0 Å². The molecule has 1 heterocycles. The monoisotopic (exact) mass is 246 g/mol. The minimum atomic E-state index is -0.576. The Morgan fingerprint density at radius 2 is 2.06 bits per heavy atom. The van der Waals surface area contributed by atoms with Crippen LogP contribution in [0.1, 0.15) is 11.6 Å². The predicted molar refractivity (Wildman–Crippen MR) is 61.5 cm³/mol. The van der Waals surface area contributed by atoms with Gasteiger partial charge in [0.1, 0.15) is 11.9 Å². The zero-order chi connectivity index (χ0) is 12.1. The molecule has 0 bridgehead atoms. The van der Waals surface area contributed by atoms with E-state index in [9.17, 15) is 0 Å². The van der Waals surface area contributed by atoms with Crippen molar-refractivity contribution in [3.05, 3.63) is 22.8 Å². The van der Waals surface area contributed by atoms with E-state index in [0.29, 0.717) is 16.4 Å². The SMILES string of the molecule is COC(OC)C(NN)c1cc(Cl)cnc1N. The summed E-state index contributed by atoms with van der Waals surface area (Å²) in [6, 6.07) is 1.22. The van der Waals surface area contributed by atoms with Gasteiger partial charge in [-0.3, -0.25) is 5.84 Å². The number of nitrogens with zero attached hydrogens (tertiary/aromatic N) is 1. The van der Waals surface area contributed by atoms with E-state index in [1.165, 1.54) is 20.4 Å². The minimum Gasteiger partial charge on any atom is -0.383 e. The van der Waals surface area contributed by atoms with Gasteiger partial charge in [0.05, 0.1) is 5.02 Å². The smallest absolute Gasteiger partial charge is 0.177 e. The first-order valence-corrected chi connectivity index (χ1v) is 4.94. The molecule has 0 radical (unpaired) electrons. The van der Waals surface area contributed by atoms with Crippen molar-refractivity contribution >= 4 is 17.4 Å². The molecule has 90 valence electrons. The van der Waals surface area contributed by atoms with Crippen LogP contribution in [0.2, 0.25) is 5.02 Å². The number of nitrogens with one attached hydrogen (secondary N) is 1. The van der Waals surface area contributed by atoms with Crippen LogP contribution in [-0.4, -0.2) is 25.5 Å². The molecule has 1 aromatic heterocycles. The van der Waals surface area contributed by atoms with Gasteiger partial charge in [-0.2, -0.15) is 0 Å². The third kappa shape index (κ3) is 2.81. The molecule has 1 aromatic rings. The first kappa shape index (κ1) is 13.1. The van der Waals surface area contributed by atoms with E-state index in [2.05, 4.69) is 10.4 Å². The van der Waals surface area contributed by atoms with Crippen LogP contribution in [0.3, 0.4) is 0 Å². The van der Waals surface area contributed by atoms with E-state index < -0.39 is 12.3 Å². The molecule has 0 aliphatic carbocycles. The molecule has 0 saturated carbocycles. The largest absolute Gasteiger partial charge is 0.383 e. The van der Waals surface area contributed by atoms with Crippen molar-refractivity contribution in [2.75, 3.05) is 20.0 Å². The molecule has 0 aromatic carbocycles. The lowest BCUT2D eigenvalue weighted by molar-refractivity contribution is -0.124. The number of hydrogen-bond donors (Lipinski definition) is 3. The first-order chi connectivity index (χ1) is 7.63. The number of hydrazine groups is 1. The highest BCUT2D eigenvalue weighted by atomic mass is 35.5. The number of pyridine rings is 1. The second kappa shape index (κ2) is 5.97. The summed E-state index contributed by atoms with van der Waals surface area (Å²) in [6.45, 7) is 0. The highest BCUT2D eigenvalue weighted by Crippen LogP contribution is 2.25. The van der Waals surface area contributed by atoms with Crippen LogP contribution in [0.4, 0.5) is 5.82 Å². The molecule has 1 atom stereocenters. The number of halogens is 1. The Labute approximate surface area is 98.8 Å². The van der Waals surface area contributed by atoms with Crippen LogP contribution in [0.25, 0.3) is 0 Å². The van der Waals surface area contributed by atoms with Gasteiger partial charge in [0.25, 0.3) is 0 Å². The molecule has 1 rings (SSSR count). The Balaban J connectivity index is 3.06. The summed E-state index contributed by atoms with van der Waals surface area (Å²) in [7, 11) is 3.01. The van der Waals surface area contributed by atoms with Gasteiger partial charge < -0.3 is 15.2 Å². The Hall–Kier alpha value is -0.920. The molecule has 6 nitrogen and oxygen atoms in total. The average Bonchev–Trinajstić information content (AvgIpc) is 2.29. The fourth-order valence-corrected chi connectivity index (χ4v) is 1.56. The third-order valence-electron chi connectivity index (χ3n) is 2.17. The van der Waals surface area contributed by atoms with Crippen molar-refractivity contribution in [2.45, 2.75) is 12.3 Å². The van der Waals surface area contributed by atoms with Crippen molar-refractivity contribution in [3.8, 4) is 0 Å². The lowest BCUT2D eigenvalue weighted by Gasteiger charge is -2.24. The molecule has 1 unspecified atom stereocenters. The molecule has 0 spiro atoms. The average molecular weight is 247 g/mol. The zero-order valence-electron chi connectivity index (χ0n) is 9.11. The number of nitrogen functional groups attached to an aromatic ring is 1. The highest BCUT2D eigenvalue weighted by molar-refractivity contribution is 6.30. The Morgan fingerprint density at radius 1 is 1.44 bits per heavy atom. The molecule has 0 fully saturated rings. The summed E-state index contributed by atoms with van der Waals surface area (Å²) in [6.07, 6.45) is 0.885. The predicted octanol–water partition coefficient (Wildman–Crippen LogP) is 0.441. The second-order valence-electron chi connectivity index (χ2n) is 3.11. The molecular weight excluding hydrogens is 232 g/mol. The lowest BCUT2D eigenvalue weighted by atomic mass is 10.1. The number of aromatic nitrogens is 1. The van der Waals surface area contributed by atoms with Crippen LogP contribution < -0.4 is 17.0 Å². The molecular formula is C9H15ClN4O2. The van der Waals surface area contributed by atoms with E-state index in [0.717, 1.165) is 0 Å². The third-order valence-corrected chi connectivity index (χ3v) is 2.37. The Kier molecular flexibility index (Phi) is 4.91. The van der Waals surface area contributed by atoms with E-state index in [1.54, 1.807) is 6.07 Å². The molecule has 16 heavy (non-hydrogen) atoms. The van der Waals surface area contributed by atoms with Crippen molar-refractivity contribution in [1.29, 1.82) is 0 Å². The number of methoxy groups -OCH3 is 2. The summed E-state index contributed by atoms with van der Waals surface area (Å²) in [5.74, 6) is 5.76. The summed E-state index contributed by atoms with van der Waals surface area (Å²) in [5.41, 5.74) is 8.92. The highest BCUT2D eigenvalue weighted by Gasteiger charge is 2.24. The van der Waals surface area contributed by atoms with Gasteiger partial charge in [-0.25, -0.2) is 10.4 Å². The van der Waals surface area contributed by atoms with E-state index in [1.807, 2.05) is 0 Å². The Bertz CT molecular complexity index is 346. The fourth-order valence-electron chi connectivity index (χ4n) is 1.40. The number of anilines is 1. The summed E-state index contributed by atoms with van der Waals surface area (Å²) in [4.78, 5) is 3.94. The van der Waals surface area contributed by atoms with Gasteiger partial charge >= 0.3 is 0 Å². The fraction of sp³-hybridized carbons (Fsp3) is 0.444. The quantitative estimate of drug-likeness (QED) is 0.396. The van der Waals surface area contributed by atoms with Gasteiger partial charge in [-0.15, -0.1) is 0 Å². The van der Waals surface area contributed by atoms with Crippen LogP contribution >= 0.6 is 11.6 Å². The molecule has 0 aliphatic heterocycles. The first-order valence-electron chi connectivity index (χ1n) is 4.56. The Morgan fingerprint density at radius 3 is 2.56 bits per heavy atom. The molecule has 0 saturated heterocycles. The topological polar surface area (TPSA) is 95.4 Å². The standard InChI is InChI=1S/C9H15ClN4O2/c1-15-9(16-2)7(14-12)6-3-5(10)4-13-8(6)11/h3-4,7,9,14H,12H2,1-2H3,(H2,11,13). The zero-order valence-corrected chi connectivity index (χ0v) is 9.86. The van der Waals surface area contributed by atoms with Crippen LogP contribution in [-0.2, 0) is 9.47 Å². The van der Waals surface area contributed by atoms with Gasteiger partial charge in [0.15, 0.2) is 6.29 Å². The van der Waals surface area contributed by atoms with Gasteiger partial charge in [0, 0.05) is 26.0 Å². The normalized spacial score (nSPS) is 13.1. The van der Waals surface area contributed by atoms with E-state index in [4.69, 9.17) is 32.7 Å². The summed E-state index contributed by atoms with van der Waals surface area (Å²) >= 11 is 5.84. The number of ether oxygens (including phenoxy) is 2. The van der Waals surface area contributed by atoms with Crippen molar-refractivity contribution < 1.29 is 9.47 Å². The van der Waals surface area contributed by atoms with Gasteiger partial charge in [-0.05, 0) is 6.07 Å². The minimum absolute atomic E-state index is 0.325. The van der Waals surface area contributed by atoms with Crippen molar-refractivity contribution in [2.24, 2.45) is 5.84 Å². The number of rotatable bonds is 5. The summed E-state index contributed by atoms with van der Waals surface area (Å²) in [5, 5.41) is 0.468. The lowest BCUT2D eigenvalue weighted by Crippen LogP contribution is -2.39. The summed E-state index contributed by atoms with van der Waals surface area (Å²) < 4.78 is 10.2. The number of nitrogens with two attached hydrogens (primary N) is 2. The van der Waals surface area contributed by atoms with E-state index >= 15 is 0 Å². The maximum absolute atomic E-state index is 5.84. The molecule has 5 N–H and O–H groups in total. The van der Waals surface area contributed by atoms with Crippen LogP contribution in [0.5, 0.6) is 0 Å². The van der Waals surface area contributed by atoms with E-state index in [-0.39, 0.29) is 0 Å². The maximum Gasteiger partial charge on any atom is 0.177 e. The molecule has 0 aliphatic rings. The molecule has 7 heteroatoms. The van der Waals surface area contributed by atoms with Gasteiger partial charge in [0.2, 0.25) is 0 Å². The maximum atomic E-state index is 5.84. The van der Waals surface area contributed by atoms with Gasteiger partial charge in [-0.1, -0.05) is 11.6 Å². The second-order valence-corrected chi connectivity index (χ2v) is 3.55. The van der Waals surface area contributed by atoms with Crippen molar-refractivity contribution in [1.82, 2.24) is 10.4 Å². The molecule has 0 amide bonds. The number of hydrogen-bond acceptors (Lipinski definition) is 6. The van der Waals surface area contributed by atoms with Crippen LogP contribution in [0, 0.1) is 0 Å². The van der Waals surface area contributed by atoms with Crippen LogP contribution in [0.15, 0.2) is 12.3 Å².